The summed E-state index contributed by atoms with van der Waals surface area (Å²) in [5.74, 6) is 0.549. The molecule has 26 heavy (non-hydrogen) atoms. The zero-order valence-corrected chi connectivity index (χ0v) is 16.3. The lowest BCUT2D eigenvalue weighted by Crippen LogP contribution is -2.15. The predicted octanol–water partition coefficient (Wildman–Crippen LogP) is 5.95. The largest absolute Gasteiger partial charge is 0.495 e. The lowest BCUT2D eigenvalue weighted by Gasteiger charge is -2.21. The van der Waals surface area contributed by atoms with Crippen LogP contribution in [0.4, 0.5) is 5.69 Å². The van der Waals surface area contributed by atoms with Crippen LogP contribution in [0.15, 0.2) is 40.8 Å². The number of hydrogen-bond acceptors (Lipinski definition) is 3. The number of aryl methyl sites for hydroxylation is 1. The average molecular weight is 372 g/mol. The number of fused-ring (bicyclic) bond motifs is 1. The monoisotopic (exact) mass is 371 g/mol. The SMILES string of the molecule is COc1ccc(C(C)(C)C)cc1NC(=O)c1oc2ccc(Cl)cc2c1C. The predicted molar refractivity (Wildman–Crippen MR) is 106 cm³/mol. The van der Waals surface area contributed by atoms with Gasteiger partial charge < -0.3 is 14.5 Å². The van der Waals surface area contributed by atoms with Gasteiger partial charge in [-0.25, -0.2) is 0 Å². The van der Waals surface area contributed by atoms with Gasteiger partial charge >= 0.3 is 0 Å². The van der Waals surface area contributed by atoms with E-state index < -0.39 is 0 Å². The molecule has 1 aromatic heterocycles. The van der Waals surface area contributed by atoms with Crippen molar-refractivity contribution in [3.63, 3.8) is 0 Å². The van der Waals surface area contributed by atoms with Crippen molar-refractivity contribution in [2.75, 3.05) is 12.4 Å². The number of amides is 1. The van der Waals surface area contributed by atoms with Crippen LogP contribution in [0.3, 0.4) is 0 Å². The molecular weight excluding hydrogens is 350 g/mol. The van der Waals surface area contributed by atoms with E-state index in [0.29, 0.717) is 22.0 Å². The fourth-order valence-electron chi connectivity index (χ4n) is 2.86. The Bertz CT molecular complexity index is 983. The van der Waals surface area contributed by atoms with Crippen LogP contribution in [-0.2, 0) is 5.41 Å². The topological polar surface area (TPSA) is 51.5 Å². The van der Waals surface area contributed by atoms with Gasteiger partial charge in [0.2, 0.25) is 0 Å². The van der Waals surface area contributed by atoms with Gasteiger partial charge in [-0.15, -0.1) is 0 Å². The Balaban J connectivity index is 1.99. The molecule has 136 valence electrons. The normalized spacial score (nSPS) is 11.6. The van der Waals surface area contributed by atoms with Crippen molar-refractivity contribution in [2.24, 2.45) is 0 Å². The molecule has 0 atom stereocenters. The van der Waals surface area contributed by atoms with Crippen molar-refractivity contribution < 1.29 is 13.9 Å². The van der Waals surface area contributed by atoms with E-state index in [2.05, 4.69) is 26.1 Å². The number of carbonyl (C=O) groups is 1. The highest BCUT2D eigenvalue weighted by molar-refractivity contribution is 6.31. The Hall–Kier alpha value is -2.46. The summed E-state index contributed by atoms with van der Waals surface area (Å²) in [7, 11) is 1.58. The van der Waals surface area contributed by atoms with Gasteiger partial charge in [0.15, 0.2) is 5.76 Å². The second-order valence-corrected chi connectivity index (χ2v) is 7.75. The fourth-order valence-corrected chi connectivity index (χ4v) is 3.03. The van der Waals surface area contributed by atoms with Crippen molar-refractivity contribution in [1.29, 1.82) is 0 Å². The molecule has 0 aliphatic heterocycles. The molecule has 0 spiro atoms. The Morgan fingerprint density at radius 3 is 2.54 bits per heavy atom. The third kappa shape index (κ3) is 3.42. The van der Waals surface area contributed by atoms with Gasteiger partial charge in [0, 0.05) is 16.0 Å². The molecule has 0 bridgehead atoms. The number of carbonyl (C=O) groups excluding carboxylic acids is 1. The number of anilines is 1. The van der Waals surface area contributed by atoms with Crippen LogP contribution in [0.1, 0.15) is 42.5 Å². The zero-order valence-electron chi connectivity index (χ0n) is 15.6. The molecule has 3 rings (SSSR count). The van der Waals surface area contributed by atoms with Crippen LogP contribution in [0.25, 0.3) is 11.0 Å². The van der Waals surface area contributed by atoms with Gasteiger partial charge in [0.25, 0.3) is 5.91 Å². The second-order valence-electron chi connectivity index (χ2n) is 7.32. The standard InChI is InChI=1S/C21H22ClNO3/c1-12-15-11-14(22)7-9-17(15)26-19(12)20(24)23-16-10-13(21(2,3)4)6-8-18(16)25-5/h6-11H,1-5H3,(H,23,24). The van der Waals surface area contributed by atoms with Gasteiger partial charge in [-0.2, -0.15) is 0 Å². The maximum atomic E-state index is 12.8. The Morgan fingerprint density at radius 2 is 1.88 bits per heavy atom. The van der Waals surface area contributed by atoms with Crippen LogP contribution in [-0.4, -0.2) is 13.0 Å². The molecule has 0 aliphatic rings. The summed E-state index contributed by atoms with van der Waals surface area (Å²) in [4.78, 5) is 12.8. The number of methoxy groups -OCH3 is 1. The van der Waals surface area contributed by atoms with E-state index in [1.54, 1.807) is 25.3 Å². The van der Waals surface area contributed by atoms with E-state index in [4.69, 9.17) is 20.8 Å². The summed E-state index contributed by atoms with van der Waals surface area (Å²) in [5, 5.41) is 4.35. The van der Waals surface area contributed by atoms with E-state index >= 15 is 0 Å². The van der Waals surface area contributed by atoms with Crippen molar-refractivity contribution >= 4 is 34.2 Å². The van der Waals surface area contributed by atoms with E-state index in [-0.39, 0.29) is 17.1 Å². The van der Waals surface area contributed by atoms with E-state index in [0.717, 1.165) is 16.5 Å². The third-order valence-corrected chi connectivity index (χ3v) is 4.65. The van der Waals surface area contributed by atoms with Crippen molar-refractivity contribution in [3.05, 3.63) is 58.3 Å². The molecule has 5 heteroatoms. The molecule has 0 saturated heterocycles. The van der Waals surface area contributed by atoms with E-state index in [1.807, 2.05) is 25.1 Å². The molecule has 2 aromatic carbocycles. The minimum Gasteiger partial charge on any atom is -0.495 e. The smallest absolute Gasteiger partial charge is 0.291 e. The van der Waals surface area contributed by atoms with Crippen molar-refractivity contribution in [2.45, 2.75) is 33.1 Å². The summed E-state index contributed by atoms with van der Waals surface area (Å²) in [5.41, 5.74) is 3.06. The number of furan rings is 1. The molecule has 0 radical (unpaired) electrons. The molecule has 1 heterocycles. The van der Waals surface area contributed by atoms with Gasteiger partial charge in [-0.3, -0.25) is 4.79 Å². The number of nitrogens with one attached hydrogen (secondary N) is 1. The number of halogens is 1. The van der Waals surface area contributed by atoms with Gasteiger partial charge in [0.1, 0.15) is 11.3 Å². The number of benzene rings is 2. The Morgan fingerprint density at radius 1 is 1.15 bits per heavy atom. The first-order chi connectivity index (χ1) is 12.2. The molecule has 1 amide bonds. The minimum absolute atomic E-state index is 0.0439. The van der Waals surface area contributed by atoms with E-state index in [1.165, 1.54) is 0 Å². The van der Waals surface area contributed by atoms with Crippen LogP contribution in [0, 0.1) is 6.92 Å². The first kappa shape index (κ1) is 18.3. The number of ether oxygens (including phenoxy) is 1. The maximum absolute atomic E-state index is 12.8. The molecule has 4 nitrogen and oxygen atoms in total. The highest BCUT2D eigenvalue weighted by Gasteiger charge is 2.21. The molecule has 0 saturated carbocycles. The lowest BCUT2D eigenvalue weighted by molar-refractivity contribution is 0.0997. The third-order valence-electron chi connectivity index (χ3n) is 4.42. The van der Waals surface area contributed by atoms with Crippen molar-refractivity contribution in [3.8, 4) is 5.75 Å². The first-order valence-corrected chi connectivity index (χ1v) is 8.77. The van der Waals surface area contributed by atoms with Gasteiger partial charge in [-0.05, 0) is 48.2 Å². The molecule has 3 aromatic rings. The summed E-state index contributed by atoms with van der Waals surface area (Å²) in [6, 6.07) is 11.1. The number of rotatable bonds is 3. The molecule has 1 N–H and O–H groups in total. The van der Waals surface area contributed by atoms with Crippen LogP contribution >= 0.6 is 11.6 Å². The maximum Gasteiger partial charge on any atom is 0.291 e. The lowest BCUT2D eigenvalue weighted by atomic mass is 9.87. The van der Waals surface area contributed by atoms with Crippen LogP contribution in [0.2, 0.25) is 5.02 Å². The highest BCUT2D eigenvalue weighted by atomic mass is 35.5. The Kier molecular flexibility index (Phi) is 4.72. The van der Waals surface area contributed by atoms with Crippen LogP contribution < -0.4 is 10.1 Å². The summed E-state index contributed by atoms with van der Waals surface area (Å²) in [6.07, 6.45) is 0. The molecular formula is C21H22ClNO3. The van der Waals surface area contributed by atoms with Gasteiger partial charge in [-0.1, -0.05) is 38.4 Å². The molecule has 0 aliphatic carbocycles. The summed E-state index contributed by atoms with van der Waals surface area (Å²) in [6.45, 7) is 8.20. The quantitative estimate of drug-likeness (QED) is 0.618. The number of hydrogen-bond donors (Lipinski definition) is 1. The van der Waals surface area contributed by atoms with E-state index in [9.17, 15) is 4.79 Å². The summed E-state index contributed by atoms with van der Waals surface area (Å²) >= 11 is 6.05. The summed E-state index contributed by atoms with van der Waals surface area (Å²) < 4.78 is 11.1. The highest BCUT2D eigenvalue weighted by Crippen LogP contribution is 2.33. The molecule has 0 fully saturated rings. The van der Waals surface area contributed by atoms with Gasteiger partial charge in [0.05, 0.1) is 12.8 Å². The van der Waals surface area contributed by atoms with Crippen molar-refractivity contribution in [1.82, 2.24) is 0 Å². The minimum atomic E-state index is -0.320. The first-order valence-electron chi connectivity index (χ1n) is 8.39. The fraction of sp³-hybridized carbons (Fsp3) is 0.286. The molecule has 0 unspecified atom stereocenters. The zero-order chi connectivity index (χ0) is 19.1. The average Bonchev–Trinajstić information content (AvgIpc) is 2.90. The van der Waals surface area contributed by atoms with Crippen LogP contribution in [0.5, 0.6) is 5.75 Å². The Labute approximate surface area is 158 Å². The second kappa shape index (κ2) is 6.69.